The molecule has 0 saturated carbocycles. The fourth-order valence-corrected chi connectivity index (χ4v) is 8.23. The summed E-state index contributed by atoms with van der Waals surface area (Å²) >= 11 is 21.0. The van der Waals surface area contributed by atoms with E-state index in [4.69, 9.17) is 54.8 Å². The summed E-state index contributed by atoms with van der Waals surface area (Å²) in [6, 6.07) is 36.3. The van der Waals surface area contributed by atoms with Gasteiger partial charge in [0.25, 0.3) is 0 Å². The highest BCUT2D eigenvalue weighted by Gasteiger charge is 2.22. The van der Waals surface area contributed by atoms with Crippen LogP contribution in [-0.2, 0) is 0 Å². The molecule has 306 valence electrons. The summed E-state index contributed by atoms with van der Waals surface area (Å²) in [6.45, 7) is 0. The Kier molecular flexibility index (Phi) is 17.3. The topological polar surface area (TPSA) is 242 Å². The Hall–Kier alpha value is -7.02. The zero-order valence-electron chi connectivity index (χ0n) is 31.8. The average molecular weight is 936 g/mol. The number of rotatable bonds is 8. The third-order valence-electron chi connectivity index (χ3n) is 7.90. The minimum absolute atomic E-state index is 0.0193. The lowest BCUT2D eigenvalue weighted by atomic mass is 10.1. The Morgan fingerprint density at radius 3 is 0.952 bits per heavy atom. The first kappa shape index (κ1) is 47.7. The van der Waals surface area contributed by atoms with Crippen molar-refractivity contribution in [2.75, 3.05) is 14.2 Å². The van der Waals surface area contributed by atoms with Crippen LogP contribution in [0.15, 0.2) is 120 Å². The molecule has 0 unspecified atom stereocenters. The standard InChI is InChI=1S/2C15H9ClN2O2S.C14H7ClN2O2S/c2*1-20-13-6-9(7-17)15(12(8-18)14(13)19)21-11-4-2-10(16)3-5-11;15-9-1-3-10(4-2-9)20-14-8(6-16)5-12(18)13(19)11(14)7-17/h2*2-6,19H,1H3;1-5,18-19H. The third kappa shape index (κ3) is 11.6. The van der Waals surface area contributed by atoms with Gasteiger partial charge in [-0.3, -0.25) is 0 Å². The first-order valence-corrected chi connectivity index (χ1v) is 20.5. The van der Waals surface area contributed by atoms with Crippen molar-refractivity contribution in [1.82, 2.24) is 0 Å². The van der Waals surface area contributed by atoms with Crippen molar-refractivity contribution < 1.29 is 29.9 Å². The highest BCUT2D eigenvalue weighted by atomic mass is 35.5. The highest BCUT2D eigenvalue weighted by Crippen LogP contribution is 2.44. The van der Waals surface area contributed by atoms with Crippen LogP contribution in [-0.4, -0.2) is 34.6 Å². The molecule has 62 heavy (non-hydrogen) atoms. The Morgan fingerprint density at radius 2 is 0.694 bits per heavy atom. The summed E-state index contributed by atoms with van der Waals surface area (Å²) in [7, 11) is 2.73. The van der Waals surface area contributed by atoms with Crippen molar-refractivity contribution >= 4 is 70.1 Å². The molecule has 0 aromatic heterocycles. The molecular formula is C44H25Cl3N6O6S3. The molecule has 6 aromatic rings. The van der Waals surface area contributed by atoms with Gasteiger partial charge in [0.05, 0.1) is 45.6 Å². The van der Waals surface area contributed by atoms with E-state index < -0.39 is 11.5 Å². The summed E-state index contributed by atoms with van der Waals surface area (Å²) in [4.78, 5) is 3.44. The highest BCUT2D eigenvalue weighted by molar-refractivity contribution is 8.00. The maximum Gasteiger partial charge on any atom is 0.177 e. The summed E-state index contributed by atoms with van der Waals surface area (Å²) < 4.78 is 9.94. The first-order valence-electron chi connectivity index (χ1n) is 16.9. The minimum Gasteiger partial charge on any atom is -0.504 e. The van der Waals surface area contributed by atoms with Gasteiger partial charge in [-0.25, -0.2) is 0 Å². The van der Waals surface area contributed by atoms with Crippen LogP contribution in [0.2, 0.25) is 15.1 Å². The van der Waals surface area contributed by atoms with E-state index in [0.717, 1.165) is 32.5 Å². The average Bonchev–Trinajstić information content (AvgIpc) is 3.28. The van der Waals surface area contributed by atoms with E-state index in [1.54, 1.807) is 78.9 Å². The number of hydrogen-bond donors (Lipinski definition) is 4. The van der Waals surface area contributed by atoms with Crippen LogP contribution in [0.1, 0.15) is 33.4 Å². The normalized spacial score (nSPS) is 9.73. The molecule has 0 aliphatic rings. The van der Waals surface area contributed by atoms with E-state index in [1.165, 1.54) is 49.9 Å². The lowest BCUT2D eigenvalue weighted by molar-refractivity contribution is 0.371. The predicted octanol–water partition coefficient (Wildman–Crippen LogP) is 11.5. The Labute approximate surface area is 383 Å². The molecule has 0 aliphatic heterocycles. The first-order chi connectivity index (χ1) is 29.8. The number of aromatic hydroxyl groups is 4. The molecule has 0 atom stereocenters. The molecule has 4 N–H and O–H groups in total. The van der Waals surface area contributed by atoms with Gasteiger partial charge >= 0.3 is 0 Å². The van der Waals surface area contributed by atoms with E-state index in [1.807, 2.05) is 30.3 Å². The van der Waals surface area contributed by atoms with Gasteiger partial charge in [-0.1, -0.05) is 70.1 Å². The molecule has 0 fully saturated rings. The van der Waals surface area contributed by atoms with E-state index in [9.17, 15) is 41.5 Å². The van der Waals surface area contributed by atoms with Crippen molar-refractivity contribution in [3.8, 4) is 70.9 Å². The van der Waals surface area contributed by atoms with E-state index in [2.05, 4.69) is 0 Å². The number of methoxy groups -OCH3 is 2. The van der Waals surface area contributed by atoms with Crippen LogP contribution in [0.25, 0.3) is 0 Å². The predicted molar refractivity (Wildman–Crippen MR) is 234 cm³/mol. The van der Waals surface area contributed by atoms with Crippen LogP contribution in [0.5, 0.6) is 34.5 Å². The molecule has 0 radical (unpaired) electrons. The second kappa shape index (κ2) is 22.5. The maximum atomic E-state index is 10.0. The van der Waals surface area contributed by atoms with Gasteiger partial charge in [0.15, 0.2) is 34.5 Å². The number of benzene rings is 6. The second-order valence-corrected chi connectivity index (χ2v) is 16.3. The van der Waals surface area contributed by atoms with Crippen molar-refractivity contribution in [2.45, 2.75) is 29.4 Å². The minimum atomic E-state index is -0.525. The molecular weight excluding hydrogens is 911 g/mol. The van der Waals surface area contributed by atoms with Gasteiger partial charge in [0.1, 0.15) is 53.1 Å². The smallest absolute Gasteiger partial charge is 0.177 e. The molecule has 0 amide bonds. The summed E-state index contributed by atoms with van der Waals surface area (Å²) in [5.41, 5.74) is 0.567. The maximum absolute atomic E-state index is 10.0. The zero-order valence-corrected chi connectivity index (χ0v) is 36.5. The van der Waals surface area contributed by atoms with Crippen molar-refractivity contribution in [1.29, 1.82) is 31.6 Å². The lowest BCUT2D eigenvalue weighted by Crippen LogP contribution is -1.93. The molecule has 0 aliphatic carbocycles. The summed E-state index contributed by atoms with van der Waals surface area (Å²) in [5.74, 6) is -1.35. The number of nitrogens with zero attached hydrogens (tertiary/aromatic N) is 6. The Morgan fingerprint density at radius 1 is 0.419 bits per heavy atom. The van der Waals surface area contributed by atoms with Crippen molar-refractivity contribution in [2.24, 2.45) is 0 Å². The molecule has 12 nitrogen and oxygen atoms in total. The van der Waals surface area contributed by atoms with Gasteiger partial charge in [-0.15, -0.1) is 0 Å². The molecule has 0 saturated heterocycles. The van der Waals surface area contributed by atoms with Crippen LogP contribution < -0.4 is 9.47 Å². The lowest BCUT2D eigenvalue weighted by Gasteiger charge is -2.11. The fraction of sp³-hybridized carbons (Fsp3) is 0.0455. The zero-order chi connectivity index (χ0) is 45.5. The van der Waals surface area contributed by atoms with Crippen LogP contribution >= 0.6 is 70.1 Å². The van der Waals surface area contributed by atoms with Crippen LogP contribution in [0, 0.1) is 68.0 Å². The summed E-state index contributed by atoms with van der Waals surface area (Å²) in [6.07, 6.45) is 0. The number of ether oxygens (including phenoxy) is 2. The van der Waals surface area contributed by atoms with Gasteiger partial charge < -0.3 is 29.9 Å². The van der Waals surface area contributed by atoms with Gasteiger partial charge in [-0.05, 0) is 72.8 Å². The van der Waals surface area contributed by atoms with Crippen molar-refractivity contribution in [3.63, 3.8) is 0 Å². The number of phenolic OH excluding ortho intramolecular Hbond substituents is 4. The molecule has 0 heterocycles. The fourth-order valence-electron chi connectivity index (χ4n) is 4.95. The van der Waals surface area contributed by atoms with Crippen LogP contribution in [0.3, 0.4) is 0 Å². The monoisotopic (exact) mass is 934 g/mol. The van der Waals surface area contributed by atoms with Crippen molar-refractivity contribution in [3.05, 3.63) is 139 Å². The number of hydrogen-bond acceptors (Lipinski definition) is 15. The van der Waals surface area contributed by atoms with Gasteiger partial charge in [0, 0.05) is 48.0 Å². The van der Waals surface area contributed by atoms with Crippen LogP contribution in [0.4, 0.5) is 0 Å². The summed E-state index contributed by atoms with van der Waals surface area (Å²) in [5, 5.41) is 96.2. The third-order valence-corrected chi connectivity index (χ3v) is 12.1. The molecule has 6 rings (SSSR count). The Balaban J connectivity index is 0.000000205. The van der Waals surface area contributed by atoms with E-state index in [0.29, 0.717) is 29.8 Å². The second-order valence-electron chi connectivity index (χ2n) is 11.7. The molecule has 0 bridgehead atoms. The Bertz CT molecular complexity index is 2760. The largest absolute Gasteiger partial charge is 0.504 e. The van der Waals surface area contributed by atoms with E-state index in [-0.39, 0.29) is 56.4 Å². The SMILES string of the molecule is COc1cc(C#N)c(Sc2ccc(Cl)cc2)c(C#N)c1O.COc1cc(C#N)c(Sc2ccc(Cl)cc2)c(C#N)c1O.N#Cc1cc(O)c(O)c(C#N)c1Sc1ccc(Cl)cc1. The number of halogens is 3. The van der Waals surface area contributed by atoms with Gasteiger partial charge in [0.2, 0.25) is 0 Å². The molecule has 6 aromatic carbocycles. The van der Waals surface area contributed by atoms with Gasteiger partial charge in [-0.2, -0.15) is 31.6 Å². The number of nitriles is 6. The quantitative estimate of drug-likeness (QED) is 0.104. The van der Waals surface area contributed by atoms with E-state index >= 15 is 0 Å². The molecule has 18 heteroatoms. The molecule has 0 spiro atoms. The number of phenols is 4.